The lowest BCUT2D eigenvalue weighted by molar-refractivity contribution is 0.111. The molecule has 3 nitrogen and oxygen atoms in total. The number of rotatable bonds is 4. The first kappa shape index (κ1) is 16.1. The van der Waals surface area contributed by atoms with Crippen molar-refractivity contribution in [3.63, 3.8) is 0 Å². The molecule has 1 heterocycles. The maximum absolute atomic E-state index is 14.2. The van der Waals surface area contributed by atoms with Crippen molar-refractivity contribution in [2.24, 2.45) is 5.41 Å². The molecule has 0 fully saturated rings. The molecule has 116 valence electrons. The second kappa shape index (κ2) is 6.26. The molecular formula is C18H20FNO2. The Morgan fingerprint density at radius 3 is 2.50 bits per heavy atom. The fourth-order valence-electron chi connectivity index (χ4n) is 2.30. The largest absolute Gasteiger partial charge is 0.497 e. The molecule has 0 aliphatic carbocycles. The number of carbonyl (C=O) groups excluding carboxylic acids is 1. The summed E-state index contributed by atoms with van der Waals surface area (Å²) in [5, 5.41) is 0. The molecule has 1 aromatic carbocycles. The Balaban J connectivity index is 2.61. The van der Waals surface area contributed by atoms with Gasteiger partial charge < -0.3 is 4.74 Å². The Morgan fingerprint density at radius 1 is 1.18 bits per heavy atom. The molecule has 0 bridgehead atoms. The first-order valence-corrected chi connectivity index (χ1v) is 7.13. The van der Waals surface area contributed by atoms with E-state index in [1.807, 2.05) is 0 Å². The van der Waals surface area contributed by atoms with Gasteiger partial charge >= 0.3 is 0 Å². The molecule has 0 aliphatic heterocycles. The molecule has 4 heteroatoms. The highest BCUT2D eigenvalue weighted by atomic mass is 19.1. The molecule has 1 aromatic heterocycles. The number of aromatic nitrogens is 1. The minimum absolute atomic E-state index is 0.0292. The predicted molar refractivity (Wildman–Crippen MR) is 84.7 cm³/mol. The van der Waals surface area contributed by atoms with E-state index in [1.165, 1.54) is 6.07 Å². The molecule has 0 saturated heterocycles. The molecule has 22 heavy (non-hydrogen) atoms. The molecule has 0 aliphatic rings. The Hall–Kier alpha value is -2.23. The minimum Gasteiger partial charge on any atom is -0.497 e. The topological polar surface area (TPSA) is 39.2 Å². The van der Waals surface area contributed by atoms with E-state index in [0.717, 1.165) is 0 Å². The van der Waals surface area contributed by atoms with Gasteiger partial charge in [0.25, 0.3) is 0 Å². The van der Waals surface area contributed by atoms with Crippen LogP contribution in [-0.2, 0) is 6.42 Å². The van der Waals surface area contributed by atoms with Crippen LogP contribution in [0.15, 0.2) is 30.3 Å². The number of ether oxygens (including phenoxy) is 1. The zero-order valence-corrected chi connectivity index (χ0v) is 13.3. The first-order valence-electron chi connectivity index (χ1n) is 7.13. The first-order chi connectivity index (χ1) is 10.3. The van der Waals surface area contributed by atoms with Gasteiger partial charge in [0.2, 0.25) is 0 Å². The van der Waals surface area contributed by atoms with E-state index in [4.69, 9.17) is 4.74 Å². The lowest BCUT2D eigenvalue weighted by atomic mass is 9.87. The average molecular weight is 301 g/mol. The van der Waals surface area contributed by atoms with Crippen LogP contribution in [0.25, 0.3) is 11.1 Å². The van der Waals surface area contributed by atoms with E-state index in [0.29, 0.717) is 41.0 Å². The van der Waals surface area contributed by atoms with Gasteiger partial charge in [-0.05, 0) is 36.1 Å². The van der Waals surface area contributed by atoms with Crippen molar-refractivity contribution in [1.29, 1.82) is 0 Å². The molecule has 0 saturated carbocycles. The van der Waals surface area contributed by atoms with Gasteiger partial charge in [-0.3, -0.25) is 4.79 Å². The number of methoxy groups -OCH3 is 1. The van der Waals surface area contributed by atoms with Crippen molar-refractivity contribution in [3.05, 3.63) is 47.5 Å². The van der Waals surface area contributed by atoms with Crippen LogP contribution in [0.5, 0.6) is 5.75 Å². The summed E-state index contributed by atoms with van der Waals surface area (Å²) in [6.07, 6.45) is 1.35. The molecule has 0 radical (unpaired) electrons. The summed E-state index contributed by atoms with van der Waals surface area (Å²) < 4.78 is 19.4. The monoisotopic (exact) mass is 301 g/mol. The van der Waals surface area contributed by atoms with Crippen LogP contribution in [0, 0.1) is 11.2 Å². The molecule has 0 unspecified atom stereocenters. The quantitative estimate of drug-likeness (QED) is 0.790. The van der Waals surface area contributed by atoms with Crippen LogP contribution < -0.4 is 4.74 Å². The summed E-state index contributed by atoms with van der Waals surface area (Å²) in [4.78, 5) is 15.4. The van der Waals surface area contributed by atoms with Gasteiger partial charge in [0.1, 0.15) is 17.3 Å². The third kappa shape index (κ3) is 3.70. The van der Waals surface area contributed by atoms with Crippen molar-refractivity contribution < 1.29 is 13.9 Å². The highest BCUT2D eigenvalue weighted by Crippen LogP contribution is 2.32. The van der Waals surface area contributed by atoms with E-state index in [1.54, 1.807) is 31.4 Å². The van der Waals surface area contributed by atoms with Crippen molar-refractivity contribution in [2.45, 2.75) is 27.2 Å². The van der Waals surface area contributed by atoms with Gasteiger partial charge in [-0.25, -0.2) is 9.37 Å². The Morgan fingerprint density at radius 2 is 1.91 bits per heavy atom. The van der Waals surface area contributed by atoms with Crippen LogP contribution in [0.3, 0.4) is 0 Å². The van der Waals surface area contributed by atoms with Gasteiger partial charge in [0, 0.05) is 16.8 Å². The van der Waals surface area contributed by atoms with Crippen molar-refractivity contribution in [1.82, 2.24) is 4.98 Å². The molecule has 0 N–H and O–H groups in total. The normalized spacial score (nSPS) is 11.3. The van der Waals surface area contributed by atoms with E-state index >= 15 is 0 Å². The fraction of sp³-hybridized carbons (Fsp3) is 0.333. The molecule has 2 aromatic rings. The number of halogens is 1. The molecule has 0 spiro atoms. The van der Waals surface area contributed by atoms with Gasteiger partial charge in [-0.2, -0.15) is 0 Å². The van der Waals surface area contributed by atoms with Crippen LogP contribution in [0.1, 0.15) is 37.0 Å². The Kier molecular flexibility index (Phi) is 4.59. The van der Waals surface area contributed by atoms with Crippen molar-refractivity contribution >= 4 is 6.29 Å². The number of hydrogen-bond acceptors (Lipinski definition) is 3. The number of benzene rings is 1. The number of hydrogen-bond donors (Lipinski definition) is 0. The van der Waals surface area contributed by atoms with Gasteiger partial charge in [-0.1, -0.05) is 26.8 Å². The van der Waals surface area contributed by atoms with Crippen molar-refractivity contribution in [3.8, 4) is 16.9 Å². The number of aldehydes is 1. The number of pyridine rings is 1. The third-order valence-corrected chi connectivity index (χ3v) is 3.28. The Labute approximate surface area is 130 Å². The van der Waals surface area contributed by atoms with E-state index < -0.39 is 0 Å². The zero-order valence-electron chi connectivity index (χ0n) is 13.3. The second-order valence-electron chi connectivity index (χ2n) is 6.43. The number of nitrogens with zero attached hydrogens (tertiary/aromatic N) is 1. The summed E-state index contributed by atoms with van der Waals surface area (Å²) >= 11 is 0. The predicted octanol–water partition coefficient (Wildman–Crippen LogP) is 4.30. The maximum Gasteiger partial charge on any atom is 0.168 e. The molecule has 0 atom stereocenters. The van der Waals surface area contributed by atoms with Crippen LogP contribution >= 0.6 is 0 Å². The fourth-order valence-corrected chi connectivity index (χ4v) is 2.30. The highest BCUT2D eigenvalue weighted by Gasteiger charge is 2.19. The summed E-state index contributed by atoms with van der Waals surface area (Å²) in [6, 6.07) is 7.96. The lowest BCUT2D eigenvalue weighted by Gasteiger charge is -2.20. The van der Waals surface area contributed by atoms with Gasteiger partial charge in [0.15, 0.2) is 6.29 Å². The van der Waals surface area contributed by atoms with E-state index in [9.17, 15) is 9.18 Å². The summed E-state index contributed by atoms with van der Waals surface area (Å²) in [5.41, 5.74) is 2.16. The number of carbonyl (C=O) groups is 1. The van der Waals surface area contributed by atoms with E-state index in [2.05, 4.69) is 25.8 Å². The highest BCUT2D eigenvalue weighted by molar-refractivity contribution is 5.75. The standard InChI is InChI=1S/C18H20FNO2/c1-18(2,3)10-17-14(7-5-12(11-21)20-17)15-9-13(22-4)6-8-16(15)19/h5-9,11H,10H2,1-4H3. The second-order valence-corrected chi connectivity index (χ2v) is 6.43. The maximum atomic E-state index is 14.2. The molecule has 0 amide bonds. The van der Waals surface area contributed by atoms with Gasteiger partial charge in [-0.15, -0.1) is 0 Å². The van der Waals surface area contributed by atoms with Crippen molar-refractivity contribution in [2.75, 3.05) is 7.11 Å². The average Bonchev–Trinajstić information content (AvgIpc) is 2.46. The van der Waals surface area contributed by atoms with Crippen LogP contribution in [0.2, 0.25) is 0 Å². The summed E-state index contributed by atoms with van der Waals surface area (Å²) in [5.74, 6) is 0.245. The SMILES string of the molecule is COc1ccc(F)c(-c2ccc(C=O)nc2CC(C)(C)C)c1. The zero-order chi connectivity index (χ0) is 16.3. The minimum atomic E-state index is -0.336. The lowest BCUT2D eigenvalue weighted by Crippen LogP contribution is -2.12. The summed E-state index contributed by atoms with van der Waals surface area (Å²) in [7, 11) is 1.54. The molecular weight excluding hydrogens is 281 g/mol. The Bertz CT molecular complexity index is 690. The third-order valence-electron chi connectivity index (χ3n) is 3.28. The summed E-state index contributed by atoms with van der Waals surface area (Å²) in [6.45, 7) is 6.23. The van der Waals surface area contributed by atoms with Crippen LogP contribution in [-0.4, -0.2) is 18.4 Å². The smallest absolute Gasteiger partial charge is 0.168 e. The van der Waals surface area contributed by atoms with E-state index in [-0.39, 0.29) is 11.2 Å². The van der Waals surface area contributed by atoms with Gasteiger partial charge in [0.05, 0.1) is 7.11 Å². The molecule has 2 rings (SSSR count). The van der Waals surface area contributed by atoms with Crippen LogP contribution in [0.4, 0.5) is 4.39 Å².